The molecule has 0 amide bonds. The van der Waals surface area contributed by atoms with E-state index in [1.54, 1.807) is 18.2 Å². The molecule has 0 bridgehead atoms. The number of hydrogen-bond acceptors (Lipinski definition) is 9. The maximum Gasteiger partial charge on any atom is 0.121 e. The average Bonchev–Trinajstić information content (AvgIpc) is 3.29. The van der Waals surface area contributed by atoms with Crippen molar-refractivity contribution in [1.29, 1.82) is 0 Å². The van der Waals surface area contributed by atoms with Crippen molar-refractivity contribution in [2.45, 2.75) is 135 Å². The van der Waals surface area contributed by atoms with Gasteiger partial charge in [0, 0.05) is 49.4 Å². The van der Waals surface area contributed by atoms with Crippen molar-refractivity contribution in [2.24, 2.45) is 5.73 Å². The molecule has 0 fully saturated rings. The highest BCUT2D eigenvalue weighted by Crippen LogP contribution is 2.26. The van der Waals surface area contributed by atoms with Crippen molar-refractivity contribution in [3.63, 3.8) is 0 Å². The third-order valence-electron chi connectivity index (χ3n) is 10.4. The van der Waals surface area contributed by atoms with E-state index in [-0.39, 0.29) is 31.3 Å². The molecule has 340 valence electrons. The van der Waals surface area contributed by atoms with E-state index in [0.717, 1.165) is 69.4 Å². The minimum Gasteiger partial charge on any atom is -0.508 e. The Bertz CT molecular complexity index is 1610. The highest BCUT2D eigenvalue weighted by atomic mass is 79.9. The van der Waals surface area contributed by atoms with Crippen LogP contribution in [0.15, 0.2) is 97.1 Å². The summed E-state index contributed by atoms with van der Waals surface area (Å²) in [5.41, 5.74) is 10.3. The molecule has 8 N–H and O–H groups in total. The summed E-state index contributed by atoms with van der Waals surface area (Å²) in [6.45, 7) is 3.23. The number of aliphatic hydroxyl groups is 4. The SMILES string of the molecule is BrCCCCCCOCCCCc1ccccc1.NCC(O)c1ccc(O)c(CO)c1.OCc1cc(C(O)CCCCCCCCOCCCCc2ccccc2)ccc1O. The van der Waals surface area contributed by atoms with Gasteiger partial charge in [0.15, 0.2) is 0 Å². The average molecular weight is 911 g/mol. The minimum absolute atomic E-state index is 0.0236. The van der Waals surface area contributed by atoms with Gasteiger partial charge in [0.05, 0.1) is 25.4 Å². The van der Waals surface area contributed by atoms with Gasteiger partial charge in [0.1, 0.15) is 11.5 Å². The molecule has 0 aliphatic carbocycles. The van der Waals surface area contributed by atoms with Crippen LogP contribution in [0.2, 0.25) is 0 Å². The molecule has 2 atom stereocenters. The fourth-order valence-corrected chi connectivity index (χ4v) is 7.04. The van der Waals surface area contributed by atoms with Gasteiger partial charge in [-0.05, 0) is 111 Å². The summed E-state index contributed by atoms with van der Waals surface area (Å²) < 4.78 is 11.4. The number of aryl methyl sites for hydroxylation is 2. The Morgan fingerprint density at radius 2 is 0.869 bits per heavy atom. The lowest BCUT2D eigenvalue weighted by molar-refractivity contribution is 0.126. The number of aromatic hydroxyl groups is 2. The van der Waals surface area contributed by atoms with Gasteiger partial charge < -0.3 is 45.8 Å². The maximum absolute atomic E-state index is 10.3. The molecule has 0 heterocycles. The Labute approximate surface area is 375 Å². The van der Waals surface area contributed by atoms with Crippen LogP contribution in [0, 0.1) is 0 Å². The van der Waals surface area contributed by atoms with Crippen LogP contribution in [0.1, 0.15) is 142 Å². The Morgan fingerprint density at radius 1 is 0.475 bits per heavy atom. The summed E-state index contributed by atoms with van der Waals surface area (Å²) in [4.78, 5) is 0. The zero-order chi connectivity index (χ0) is 44.2. The molecule has 9 nitrogen and oxygen atoms in total. The summed E-state index contributed by atoms with van der Waals surface area (Å²) in [5.74, 6) is 0.0973. The predicted molar refractivity (Wildman–Crippen MR) is 252 cm³/mol. The van der Waals surface area contributed by atoms with E-state index in [4.69, 9.17) is 20.3 Å². The first kappa shape index (κ1) is 53.8. The highest BCUT2D eigenvalue weighted by Gasteiger charge is 2.10. The van der Waals surface area contributed by atoms with Crippen molar-refractivity contribution in [1.82, 2.24) is 0 Å². The van der Waals surface area contributed by atoms with Crippen molar-refractivity contribution in [2.75, 3.05) is 38.3 Å². The van der Waals surface area contributed by atoms with Crippen molar-refractivity contribution >= 4 is 15.9 Å². The Balaban J connectivity index is 0.000000349. The lowest BCUT2D eigenvalue weighted by Crippen LogP contribution is -2.11. The molecular formula is C51H76BrNO8. The monoisotopic (exact) mass is 909 g/mol. The molecule has 0 spiro atoms. The number of rotatable bonds is 30. The predicted octanol–water partition coefficient (Wildman–Crippen LogP) is 10.5. The molecule has 4 aromatic rings. The fourth-order valence-electron chi connectivity index (χ4n) is 6.64. The van der Waals surface area contributed by atoms with Crippen LogP contribution in [-0.2, 0) is 35.5 Å². The van der Waals surface area contributed by atoms with Gasteiger partial charge in [-0.25, -0.2) is 0 Å². The molecule has 4 rings (SSSR count). The number of unbranched alkanes of at least 4 members (excludes halogenated alkanes) is 10. The number of alkyl halides is 1. The highest BCUT2D eigenvalue weighted by molar-refractivity contribution is 9.09. The lowest BCUT2D eigenvalue weighted by atomic mass is 10.00. The quantitative estimate of drug-likeness (QED) is 0.0199. The molecule has 2 unspecified atom stereocenters. The summed E-state index contributed by atoms with van der Waals surface area (Å²) in [5, 5.41) is 57.6. The van der Waals surface area contributed by atoms with Gasteiger partial charge in [-0.2, -0.15) is 0 Å². The number of ether oxygens (including phenoxy) is 2. The number of hydrogen-bond donors (Lipinski definition) is 7. The minimum atomic E-state index is -0.745. The van der Waals surface area contributed by atoms with Crippen LogP contribution in [0.25, 0.3) is 0 Å². The van der Waals surface area contributed by atoms with Gasteiger partial charge in [0.25, 0.3) is 0 Å². The van der Waals surface area contributed by atoms with Gasteiger partial charge in [-0.1, -0.05) is 134 Å². The van der Waals surface area contributed by atoms with Gasteiger partial charge >= 0.3 is 0 Å². The van der Waals surface area contributed by atoms with E-state index >= 15 is 0 Å². The Kier molecular flexibility index (Phi) is 31.9. The van der Waals surface area contributed by atoms with Crippen LogP contribution in [-0.4, -0.2) is 68.9 Å². The largest absolute Gasteiger partial charge is 0.508 e. The standard InChI is InChI=1S/C26H38O4.C16H25BrO.C9H13NO3/c27-21-24-20-23(16-17-26(24)29)25(28)15-8-3-1-2-4-10-18-30-19-11-9-14-22-12-6-5-7-13-22;17-13-7-1-2-8-14-18-15-9-6-12-16-10-4-3-5-11-16;10-4-9(13)6-1-2-8(12)7(3-6)5-11/h5-7,12-13,16-17,20,25,27-29H,1-4,8-11,14-15,18-19,21H2;3-5,10-11H,1-2,6-9,12-15H2;1-3,9,11-13H,4-5,10H2. The fraction of sp³-hybridized carbons (Fsp3) is 0.529. The van der Waals surface area contributed by atoms with Crippen LogP contribution >= 0.6 is 15.9 Å². The Hall–Kier alpha value is -3.32. The number of benzene rings is 4. The van der Waals surface area contributed by atoms with Gasteiger partial charge in [0.2, 0.25) is 0 Å². The number of halogens is 1. The van der Waals surface area contributed by atoms with Crippen molar-refractivity contribution < 1.29 is 40.1 Å². The smallest absolute Gasteiger partial charge is 0.121 e. The van der Waals surface area contributed by atoms with Crippen molar-refractivity contribution in [3.05, 3.63) is 130 Å². The maximum atomic E-state index is 10.3. The molecule has 61 heavy (non-hydrogen) atoms. The summed E-state index contributed by atoms with van der Waals surface area (Å²) in [7, 11) is 0. The van der Waals surface area contributed by atoms with Crippen LogP contribution in [0.4, 0.5) is 0 Å². The van der Waals surface area contributed by atoms with E-state index in [1.807, 2.05) is 0 Å². The first-order valence-corrected chi connectivity index (χ1v) is 23.7. The molecular weight excluding hydrogens is 834 g/mol. The summed E-state index contributed by atoms with van der Waals surface area (Å²) in [6.07, 6.45) is 18.4. The molecule has 0 radical (unpaired) electrons. The second-order valence-electron chi connectivity index (χ2n) is 15.5. The normalized spacial score (nSPS) is 11.9. The third-order valence-corrected chi connectivity index (χ3v) is 11.0. The number of nitrogens with two attached hydrogens (primary N) is 1. The molecule has 0 aliphatic rings. The van der Waals surface area contributed by atoms with E-state index in [0.29, 0.717) is 23.1 Å². The molecule has 0 aliphatic heterocycles. The molecule has 10 heteroatoms. The number of phenols is 2. The number of aliphatic hydroxyl groups excluding tert-OH is 4. The van der Waals surface area contributed by atoms with Crippen molar-refractivity contribution in [3.8, 4) is 11.5 Å². The molecule has 0 aromatic heterocycles. The Morgan fingerprint density at radius 3 is 1.30 bits per heavy atom. The molecule has 0 saturated heterocycles. The lowest BCUT2D eigenvalue weighted by Gasteiger charge is -2.12. The second kappa shape index (κ2) is 36.2. The molecule has 4 aromatic carbocycles. The van der Waals surface area contributed by atoms with E-state index < -0.39 is 12.2 Å². The van der Waals surface area contributed by atoms with Crippen LogP contribution in [0.5, 0.6) is 11.5 Å². The van der Waals surface area contributed by atoms with Crippen LogP contribution in [0.3, 0.4) is 0 Å². The topological polar surface area (TPSA) is 166 Å². The van der Waals surface area contributed by atoms with Gasteiger partial charge in [-0.3, -0.25) is 0 Å². The third kappa shape index (κ3) is 26.0. The summed E-state index contributed by atoms with van der Waals surface area (Å²) in [6, 6.07) is 30.8. The van der Waals surface area contributed by atoms with E-state index in [9.17, 15) is 25.5 Å². The zero-order valence-electron chi connectivity index (χ0n) is 36.5. The van der Waals surface area contributed by atoms with E-state index in [1.165, 1.54) is 100.0 Å². The first-order valence-electron chi connectivity index (χ1n) is 22.5. The summed E-state index contributed by atoms with van der Waals surface area (Å²) >= 11 is 3.45. The van der Waals surface area contributed by atoms with E-state index in [2.05, 4.69) is 76.6 Å². The second-order valence-corrected chi connectivity index (χ2v) is 16.3. The zero-order valence-corrected chi connectivity index (χ0v) is 38.1. The first-order chi connectivity index (χ1) is 29.8. The van der Waals surface area contributed by atoms with Crippen LogP contribution < -0.4 is 5.73 Å². The van der Waals surface area contributed by atoms with Gasteiger partial charge in [-0.15, -0.1) is 0 Å². The molecule has 0 saturated carbocycles.